The van der Waals surface area contributed by atoms with Crippen LogP contribution in [-0.2, 0) is 22.7 Å². The van der Waals surface area contributed by atoms with Gasteiger partial charge in [0.15, 0.2) is 8.38 Å². The summed E-state index contributed by atoms with van der Waals surface area (Å²) in [6, 6.07) is 0. The maximum absolute atomic E-state index is 13.5. The van der Waals surface area contributed by atoms with Crippen molar-refractivity contribution < 1.29 is 22.7 Å². The molecular weight excluding hydrogens is 682 g/mol. The van der Waals surface area contributed by atoms with Crippen LogP contribution >= 0.6 is 16.0 Å². The summed E-state index contributed by atoms with van der Waals surface area (Å²) in [6.45, 7) is 19.3. The molecule has 2 unspecified atom stereocenters. The van der Waals surface area contributed by atoms with E-state index in [1.165, 1.54) is 57.8 Å². The molecule has 0 saturated carbocycles. The van der Waals surface area contributed by atoms with Crippen molar-refractivity contribution in [2.75, 3.05) is 104 Å². The van der Waals surface area contributed by atoms with Crippen molar-refractivity contribution in [2.24, 2.45) is 34.8 Å². The summed E-state index contributed by atoms with van der Waals surface area (Å²) in [5.74, 6) is 0.823. The van der Waals surface area contributed by atoms with Crippen molar-refractivity contribution in [1.29, 1.82) is 0 Å². The van der Waals surface area contributed by atoms with Gasteiger partial charge in [-0.3, -0.25) is 4.57 Å². The third kappa shape index (κ3) is 34.5. The summed E-state index contributed by atoms with van der Waals surface area (Å²) in [7, 11) is -3.98. The Hall–Kier alpha value is 0.260. The van der Waals surface area contributed by atoms with E-state index in [4.69, 9.17) is 41.0 Å². The molecule has 0 aromatic heterocycles. The summed E-state index contributed by atoms with van der Waals surface area (Å²) in [4.78, 5) is 4.75. The van der Waals surface area contributed by atoms with Crippen LogP contribution in [-0.4, -0.2) is 114 Å². The minimum atomic E-state index is -3.13. The van der Waals surface area contributed by atoms with Crippen LogP contribution in [0.25, 0.3) is 0 Å². The SMILES string of the molecule is CC(C)COP(CCN(CCCN)CCCN)OCCCCCCCCCCCCCCOP(=O)(CCN(CCCN)CCCN)OCC(C)C. The van der Waals surface area contributed by atoms with Crippen LogP contribution in [0.5, 0.6) is 0 Å². The molecule has 0 bridgehead atoms. The Bertz CT molecular complexity index is 758. The Labute approximate surface area is 317 Å². The molecule has 0 heterocycles. The first-order chi connectivity index (χ1) is 24.7. The zero-order chi connectivity index (χ0) is 37.8. The lowest BCUT2D eigenvalue weighted by Gasteiger charge is -2.25. The molecule has 0 aliphatic carbocycles. The molecule has 0 fully saturated rings. The average molecular weight is 769 g/mol. The van der Waals surface area contributed by atoms with Crippen molar-refractivity contribution in [1.82, 2.24) is 9.80 Å². The lowest BCUT2D eigenvalue weighted by molar-refractivity contribution is 0.179. The maximum Gasteiger partial charge on any atom is 0.331 e. The molecule has 0 aliphatic heterocycles. The second-order valence-corrected chi connectivity index (χ2v) is 18.7. The van der Waals surface area contributed by atoms with E-state index in [0.717, 1.165) is 110 Å². The number of hydrogen-bond donors (Lipinski definition) is 4. The fourth-order valence-corrected chi connectivity index (χ4v) is 8.96. The van der Waals surface area contributed by atoms with Crippen molar-refractivity contribution in [3.63, 3.8) is 0 Å². The van der Waals surface area contributed by atoms with Gasteiger partial charge < -0.3 is 50.8 Å². The molecule has 308 valence electrons. The van der Waals surface area contributed by atoms with Crippen LogP contribution in [0, 0.1) is 11.8 Å². The van der Waals surface area contributed by atoms with E-state index in [9.17, 15) is 4.57 Å². The average Bonchev–Trinajstić information content (AvgIpc) is 3.11. The van der Waals surface area contributed by atoms with Gasteiger partial charge in [-0.25, -0.2) is 0 Å². The van der Waals surface area contributed by atoms with Gasteiger partial charge in [0, 0.05) is 19.3 Å². The van der Waals surface area contributed by atoms with Crippen molar-refractivity contribution in [3.05, 3.63) is 0 Å². The highest BCUT2D eigenvalue weighted by molar-refractivity contribution is 7.53. The van der Waals surface area contributed by atoms with E-state index >= 15 is 0 Å². The van der Waals surface area contributed by atoms with Gasteiger partial charge in [-0.1, -0.05) is 91.9 Å². The number of rotatable bonds is 41. The summed E-state index contributed by atoms with van der Waals surface area (Å²) >= 11 is 0. The predicted octanol–water partition coefficient (Wildman–Crippen LogP) is 7.55. The van der Waals surface area contributed by atoms with Gasteiger partial charge in [0.25, 0.3) is 0 Å². The Morgan fingerprint density at radius 3 is 1.33 bits per heavy atom. The van der Waals surface area contributed by atoms with Gasteiger partial charge in [0.05, 0.1) is 32.6 Å². The summed E-state index contributed by atoms with van der Waals surface area (Å²) in [5, 5.41) is 0. The van der Waals surface area contributed by atoms with Gasteiger partial charge in [-0.2, -0.15) is 0 Å². The largest absolute Gasteiger partial charge is 0.334 e. The molecule has 0 amide bonds. The fraction of sp³-hybridized carbons (Fsp3) is 1.00. The molecule has 13 heteroatoms. The lowest BCUT2D eigenvalue weighted by atomic mass is 10.1. The van der Waals surface area contributed by atoms with Crippen LogP contribution in [0.4, 0.5) is 0 Å². The molecule has 0 radical (unpaired) electrons. The highest BCUT2D eigenvalue weighted by Gasteiger charge is 2.26. The van der Waals surface area contributed by atoms with Gasteiger partial charge in [-0.05, 0) is 103 Å². The second kappa shape index (κ2) is 37.2. The van der Waals surface area contributed by atoms with E-state index in [1.807, 2.05) is 0 Å². The molecule has 0 aliphatic rings. The van der Waals surface area contributed by atoms with Crippen molar-refractivity contribution >= 4 is 16.0 Å². The van der Waals surface area contributed by atoms with E-state index in [0.29, 0.717) is 50.8 Å². The molecule has 0 aromatic rings. The van der Waals surface area contributed by atoms with E-state index in [1.54, 1.807) is 0 Å². The minimum Gasteiger partial charge on any atom is -0.334 e. The van der Waals surface area contributed by atoms with Crippen molar-refractivity contribution in [3.8, 4) is 0 Å². The lowest BCUT2D eigenvalue weighted by Crippen LogP contribution is -2.31. The minimum absolute atomic E-state index is 0.312. The summed E-state index contributed by atoms with van der Waals surface area (Å²) in [5.41, 5.74) is 22.9. The smallest absolute Gasteiger partial charge is 0.331 e. The Morgan fingerprint density at radius 2 is 0.902 bits per heavy atom. The molecule has 2 atom stereocenters. The van der Waals surface area contributed by atoms with Gasteiger partial charge in [-0.15, -0.1) is 0 Å². The second-order valence-electron chi connectivity index (χ2n) is 14.9. The number of nitrogens with two attached hydrogens (primary N) is 4. The Balaban J connectivity index is 4.08. The van der Waals surface area contributed by atoms with E-state index in [2.05, 4.69) is 37.5 Å². The summed E-state index contributed by atoms with van der Waals surface area (Å²) < 4.78 is 37.8. The van der Waals surface area contributed by atoms with Crippen LogP contribution in [0.3, 0.4) is 0 Å². The fourth-order valence-electron chi connectivity index (χ4n) is 5.59. The van der Waals surface area contributed by atoms with Crippen LogP contribution in [0.1, 0.15) is 130 Å². The van der Waals surface area contributed by atoms with Gasteiger partial charge in [0.2, 0.25) is 0 Å². The van der Waals surface area contributed by atoms with Crippen LogP contribution in [0.2, 0.25) is 0 Å². The van der Waals surface area contributed by atoms with E-state index < -0.39 is 16.0 Å². The summed E-state index contributed by atoms with van der Waals surface area (Å²) in [6.07, 6.45) is 19.9. The first-order valence-corrected chi connectivity index (χ1v) is 23.9. The molecule has 0 saturated heterocycles. The highest BCUT2D eigenvalue weighted by Crippen LogP contribution is 2.48. The number of unbranched alkanes of at least 4 members (excludes halogenated alkanes) is 11. The molecular formula is C38H86N6O5P2. The van der Waals surface area contributed by atoms with Crippen LogP contribution in [0.15, 0.2) is 0 Å². The standard InChI is InChI=1S/C38H86N6O5P2/c1-37(2)35-47-50(33-29-43(25-17-21-39)26-18-22-40)46-31-15-13-11-9-7-5-6-8-10-12-14-16-32-48-51(45,49-36-38(3)4)34-30-44(27-19-23-41)28-20-24-42/h37-38H,5-36,39-42H2,1-4H3. The first kappa shape index (κ1) is 51.3. The van der Waals surface area contributed by atoms with Crippen molar-refractivity contribution in [2.45, 2.75) is 130 Å². The highest BCUT2D eigenvalue weighted by atomic mass is 31.2. The Kier molecular flexibility index (Phi) is 37.4. The molecule has 0 aromatic carbocycles. The molecule has 0 rings (SSSR count). The normalized spacial score (nSPS) is 14.0. The zero-order valence-electron chi connectivity index (χ0n) is 33.9. The monoisotopic (exact) mass is 769 g/mol. The number of hydrogen-bond acceptors (Lipinski definition) is 11. The Morgan fingerprint density at radius 1 is 0.490 bits per heavy atom. The molecule has 11 nitrogen and oxygen atoms in total. The number of nitrogens with zero attached hydrogens (tertiary/aromatic N) is 2. The quantitative estimate of drug-likeness (QED) is 0.0359. The maximum atomic E-state index is 13.5. The van der Waals surface area contributed by atoms with Gasteiger partial charge in [0.1, 0.15) is 0 Å². The van der Waals surface area contributed by atoms with Gasteiger partial charge >= 0.3 is 7.60 Å². The third-order valence-corrected chi connectivity index (χ3v) is 12.1. The van der Waals surface area contributed by atoms with E-state index in [-0.39, 0.29) is 0 Å². The third-order valence-electron chi connectivity index (χ3n) is 8.72. The molecule has 51 heavy (non-hydrogen) atoms. The molecule has 0 spiro atoms. The van der Waals surface area contributed by atoms with Crippen LogP contribution < -0.4 is 22.9 Å². The molecule has 8 N–H and O–H groups in total. The topological polar surface area (TPSA) is 165 Å². The first-order valence-electron chi connectivity index (χ1n) is 20.9. The predicted molar refractivity (Wildman–Crippen MR) is 221 cm³/mol. The zero-order valence-corrected chi connectivity index (χ0v) is 35.7.